The highest BCUT2D eigenvalue weighted by Gasteiger charge is 2.60. The molecule has 4 N–H and O–H groups in total. The van der Waals surface area contributed by atoms with Gasteiger partial charge in [0, 0.05) is 0 Å². The summed E-state index contributed by atoms with van der Waals surface area (Å²) in [5.41, 5.74) is -2.05. The van der Waals surface area contributed by atoms with Crippen LogP contribution in [0.2, 0.25) is 0 Å². The summed E-state index contributed by atoms with van der Waals surface area (Å²) in [6.45, 7) is 0. The Balaban J connectivity index is 3.25. The van der Waals surface area contributed by atoms with Crippen LogP contribution in [0.1, 0.15) is 19.3 Å². The molecule has 0 amide bonds. The zero-order valence-electron chi connectivity index (χ0n) is 9.20. The standard InChI is InChI=1S/C10H12O8/c11-5(12)3-10(9(17)18)2-1-4(7(13)14)6(10)8(15)16/h4,6H,1-3H2,(H,11,12)(H,13,14)(H,15,16)(H,17,18). The molecule has 1 saturated carbocycles. The van der Waals surface area contributed by atoms with Crippen molar-refractivity contribution in [2.45, 2.75) is 19.3 Å². The smallest absolute Gasteiger partial charge is 0.311 e. The Hall–Kier alpha value is -2.12. The van der Waals surface area contributed by atoms with Gasteiger partial charge in [0.25, 0.3) is 0 Å². The highest BCUT2D eigenvalue weighted by molar-refractivity contribution is 5.91. The highest BCUT2D eigenvalue weighted by atomic mass is 16.4. The Kier molecular flexibility index (Phi) is 3.59. The predicted molar refractivity (Wildman–Crippen MR) is 53.8 cm³/mol. The molecule has 3 atom stereocenters. The van der Waals surface area contributed by atoms with Crippen LogP contribution in [0.15, 0.2) is 0 Å². The summed E-state index contributed by atoms with van der Waals surface area (Å²) in [6.07, 6.45) is -1.34. The van der Waals surface area contributed by atoms with E-state index in [1.807, 2.05) is 0 Å². The number of aliphatic carboxylic acids is 4. The summed E-state index contributed by atoms with van der Waals surface area (Å²) in [6, 6.07) is 0. The third-order valence-corrected chi connectivity index (χ3v) is 3.38. The second-order valence-electron chi connectivity index (χ2n) is 4.33. The number of hydrogen-bond acceptors (Lipinski definition) is 4. The normalized spacial score (nSPS) is 30.9. The van der Waals surface area contributed by atoms with Crippen molar-refractivity contribution in [2.24, 2.45) is 17.3 Å². The molecule has 1 aliphatic carbocycles. The maximum Gasteiger partial charge on any atom is 0.311 e. The first-order valence-electron chi connectivity index (χ1n) is 5.13. The topological polar surface area (TPSA) is 149 Å². The lowest BCUT2D eigenvalue weighted by Gasteiger charge is -2.28. The highest BCUT2D eigenvalue weighted by Crippen LogP contribution is 2.50. The van der Waals surface area contributed by atoms with Gasteiger partial charge in [-0.05, 0) is 12.8 Å². The van der Waals surface area contributed by atoms with Crippen LogP contribution >= 0.6 is 0 Å². The van der Waals surface area contributed by atoms with Crippen molar-refractivity contribution in [1.29, 1.82) is 0 Å². The van der Waals surface area contributed by atoms with Gasteiger partial charge in [-0.1, -0.05) is 0 Å². The SMILES string of the molecule is O=C(O)CC1(C(=O)O)CCC(C(=O)O)C1C(=O)O. The minimum atomic E-state index is -2.05. The van der Waals surface area contributed by atoms with Gasteiger partial charge in [-0.3, -0.25) is 19.2 Å². The van der Waals surface area contributed by atoms with Gasteiger partial charge in [-0.25, -0.2) is 0 Å². The second kappa shape index (κ2) is 4.63. The van der Waals surface area contributed by atoms with Crippen molar-refractivity contribution in [3.63, 3.8) is 0 Å². The molecule has 0 saturated heterocycles. The molecule has 1 aliphatic rings. The molecule has 8 heteroatoms. The molecular formula is C10H12O8. The Morgan fingerprint density at radius 1 is 1.00 bits per heavy atom. The first-order valence-corrected chi connectivity index (χ1v) is 5.13. The summed E-state index contributed by atoms with van der Waals surface area (Å²) in [4.78, 5) is 43.9. The Morgan fingerprint density at radius 2 is 1.56 bits per heavy atom. The van der Waals surface area contributed by atoms with E-state index in [1.165, 1.54) is 0 Å². The first-order chi connectivity index (χ1) is 8.22. The fourth-order valence-electron chi connectivity index (χ4n) is 2.58. The summed E-state index contributed by atoms with van der Waals surface area (Å²) in [5.74, 6) is -9.17. The van der Waals surface area contributed by atoms with Gasteiger partial charge in [0.15, 0.2) is 0 Å². The number of rotatable bonds is 5. The van der Waals surface area contributed by atoms with Gasteiger partial charge < -0.3 is 20.4 Å². The molecule has 0 heterocycles. The summed E-state index contributed by atoms with van der Waals surface area (Å²) < 4.78 is 0. The van der Waals surface area contributed by atoms with Gasteiger partial charge in [-0.15, -0.1) is 0 Å². The van der Waals surface area contributed by atoms with Gasteiger partial charge in [0.05, 0.1) is 23.7 Å². The van der Waals surface area contributed by atoms with Crippen molar-refractivity contribution in [3.05, 3.63) is 0 Å². The van der Waals surface area contributed by atoms with E-state index in [-0.39, 0.29) is 12.8 Å². The molecule has 18 heavy (non-hydrogen) atoms. The van der Waals surface area contributed by atoms with Crippen LogP contribution in [0.4, 0.5) is 0 Å². The maximum atomic E-state index is 11.2. The van der Waals surface area contributed by atoms with Crippen molar-refractivity contribution in [1.82, 2.24) is 0 Å². The van der Waals surface area contributed by atoms with Gasteiger partial charge in [0.1, 0.15) is 0 Å². The van der Waals surface area contributed by atoms with Crippen LogP contribution in [-0.4, -0.2) is 44.3 Å². The van der Waals surface area contributed by atoms with Crippen LogP contribution in [-0.2, 0) is 19.2 Å². The second-order valence-corrected chi connectivity index (χ2v) is 4.33. The molecule has 100 valence electrons. The minimum absolute atomic E-state index is 0.161. The zero-order valence-corrected chi connectivity index (χ0v) is 9.20. The maximum absolute atomic E-state index is 11.2. The van der Waals surface area contributed by atoms with Crippen molar-refractivity contribution >= 4 is 23.9 Å². The summed E-state index contributed by atoms with van der Waals surface area (Å²) in [7, 11) is 0. The van der Waals surface area contributed by atoms with Crippen LogP contribution in [0.25, 0.3) is 0 Å². The lowest BCUT2D eigenvalue weighted by molar-refractivity contribution is -0.168. The van der Waals surface area contributed by atoms with Gasteiger partial charge >= 0.3 is 23.9 Å². The van der Waals surface area contributed by atoms with Crippen molar-refractivity contribution in [3.8, 4) is 0 Å². The van der Waals surface area contributed by atoms with Gasteiger partial charge in [-0.2, -0.15) is 0 Å². The Morgan fingerprint density at radius 3 is 1.89 bits per heavy atom. The monoisotopic (exact) mass is 260 g/mol. The lowest BCUT2D eigenvalue weighted by atomic mass is 9.73. The Bertz CT molecular complexity index is 414. The predicted octanol–water partition coefficient (Wildman–Crippen LogP) is -0.273. The zero-order chi connectivity index (χ0) is 14.1. The molecule has 0 aromatic carbocycles. The molecule has 3 unspecified atom stereocenters. The van der Waals surface area contributed by atoms with Crippen molar-refractivity contribution in [2.75, 3.05) is 0 Å². The fourth-order valence-corrected chi connectivity index (χ4v) is 2.58. The van der Waals surface area contributed by atoms with Gasteiger partial charge in [0.2, 0.25) is 0 Å². The summed E-state index contributed by atoms with van der Waals surface area (Å²) in [5, 5.41) is 35.7. The molecule has 0 aromatic rings. The molecule has 8 nitrogen and oxygen atoms in total. The number of carboxylic acid groups (broad SMARTS) is 4. The molecule has 0 spiro atoms. The van der Waals surface area contributed by atoms with E-state index < -0.39 is 47.5 Å². The average molecular weight is 260 g/mol. The Labute approximate surface area is 101 Å². The van der Waals surface area contributed by atoms with Crippen LogP contribution in [0, 0.1) is 17.3 Å². The van der Waals surface area contributed by atoms with E-state index in [0.717, 1.165) is 0 Å². The lowest BCUT2D eigenvalue weighted by Crippen LogP contribution is -2.44. The molecule has 1 fully saturated rings. The summed E-state index contributed by atoms with van der Waals surface area (Å²) >= 11 is 0. The molecular weight excluding hydrogens is 248 g/mol. The van der Waals surface area contributed by atoms with E-state index in [2.05, 4.69) is 0 Å². The first kappa shape index (κ1) is 13.9. The van der Waals surface area contributed by atoms with Crippen LogP contribution in [0.3, 0.4) is 0 Å². The molecule has 0 aliphatic heterocycles. The van der Waals surface area contributed by atoms with E-state index in [4.69, 9.17) is 20.4 Å². The quantitative estimate of drug-likeness (QED) is 0.527. The van der Waals surface area contributed by atoms with E-state index >= 15 is 0 Å². The minimum Gasteiger partial charge on any atom is -0.481 e. The molecule has 0 radical (unpaired) electrons. The molecule has 1 rings (SSSR count). The third-order valence-electron chi connectivity index (χ3n) is 3.38. The van der Waals surface area contributed by atoms with E-state index in [1.54, 1.807) is 0 Å². The number of carbonyl (C=O) groups is 4. The van der Waals surface area contributed by atoms with Crippen LogP contribution < -0.4 is 0 Å². The van der Waals surface area contributed by atoms with Crippen LogP contribution in [0.5, 0.6) is 0 Å². The van der Waals surface area contributed by atoms with Crippen molar-refractivity contribution < 1.29 is 39.6 Å². The molecule has 0 bridgehead atoms. The number of hydrogen-bond donors (Lipinski definition) is 4. The molecule has 0 aromatic heterocycles. The fraction of sp³-hybridized carbons (Fsp3) is 0.600. The largest absolute Gasteiger partial charge is 0.481 e. The third kappa shape index (κ3) is 2.13. The average Bonchev–Trinajstić information content (AvgIpc) is 2.57. The van der Waals surface area contributed by atoms with E-state index in [9.17, 15) is 19.2 Å². The van der Waals surface area contributed by atoms with E-state index in [0.29, 0.717) is 0 Å². The number of carboxylic acids is 4.